The third-order valence-electron chi connectivity index (χ3n) is 27.4. The summed E-state index contributed by atoms with van der Waals surface area (Å²) in [5.74, 6) is 1.61. The normalized spacial score (nSPS) is 19.0. The molecule has 4 fully saturated rings. The first-order valence-electron chi connectivity index (χ1n) is 43.7. The van der Waals surface area contributed by atoms with Gasteiger partial charge in [0, 0.05) is 163 Å². The van der Waals surface area contributed by atoms with Crippen molar-refractivity contribution < 1.29 is 74.4 Å². The second-order valence-corrected chi connectivity index (χ2v) is 36.2. The van der Waals surface area contributed by atoms with E-state index in [-0.39, 0.29) is 54.1 Å². The SMILES string of the molecule is CCc1ccc(C(=O)N2CCC3(CC2)c2ccc(C(C)=O)n2CCN3C)cc1.CN1CCn2c(C(F)(F)F)ccc2C12CCN(C(=O)c1cccc3cccnc13)CC2.Cc1cc(C(=O)N2CCC3(CC2)NCC(C)(C)n2c(C(F)(F)F)ccc23)ccc1OC(C)C.Cc1cc(C(=O)N2CCC3(CC2)c2ccc(CC(F)(F)F)n2CCN3C)ccc1OC(C)C.[HH]. The Morgan fingerprint density at radius 2 is 0.896 bits per heavy atom. The molecular weight excluding hydrogens is 1620 g/mol. The Kier molecular flexibility index (Phi) is 25.9. The molecule has 8 aliphatic rings. The number of rotatable bonds is 11. The number of para-hydroxylation sites is 1. The van der Waals surface area contributed by atoms with Crippen LogP contribution in [-0.4, -0.2) is 205 Å². The zero-order valence-corrected chi connectivity index (χ0v) is 73.8. The molecule has 1 N–H and O–H groups in total. The summed E-state index contributed by atoms with van der Waals surface area (Å²) in [4.78, 5) is 83.2. The van der Waals surface area contributed by atoms with E-state index in [0.717, 1.165) is 90.4 Å². The van der Waals surface area contributed by atoms with Crippen LogP contribution in [-0.2, 0) is 72.5 Å². The molecule has 9 aromatic rings. The van der Waals surface area contributed by atoms with E-state index in [1.807, 2.05) is 169 Å². The van der Waals surface area contributed by atoms with Gasteiger partial charge in [-0.3, -0.25) is 43.7 Å². The first kappa shape index (κ1) is 91.0. The van der Waals surface area contributed by atoms with Gasteiger partial charge in [0.2, 0.25) is 0 Å². The molecule has 17 rings (SSSR count). The van der Waals surface area contributed by atoms with Crippen LogP contribution in [0.1, 0.15) is 217 Å². The number of hydrogen-bond donors (Lipinski definition) is 1. The third-order valence-corrected chi connectivity index (χ3v) is 27.4. The molecular formula is C96H118F9N13O7. The topological polar surface area (TPSA) is 171 Å². The van der Waals surface area contributed by atoms with Crippen molar-refractivity contribution in [1.29, 1.82) is 0 Å². The van der Waals surface area contributed by atoms with Gasteiger partial charge in [0.15, 0.2) is 5.78 Å². The summed E-state index contributed by atoms with van der Waals surface area (Å²) in [5, 5.41) is 4.45. The molecule has 0 aliphatic carbocycles. The molecule has 4 spiro atoms. The fourth-order valence-corrected chi connectivity index (χ4v) is 20.4. The quantitative estimate of drug-likeness (QED) is 0.0961. The lowest BCUT2D eigenvalue weighted by Crippen LogP contribution is -2.61. The summed E-state index contributed by atoms with van der Waals surface area (Å²) in [6.07, 6.45) is -5.67. The summed E-state index contributed by atoms with van der Waals surface area (Å²) >= 11 is 0. The zero-order chi connectivity index (χ0) is 89.8. The number of carbonyl (C=O) groups excluding carboxylic acids is 5. The van der Waals surface area contributed by atoms with Gasteiger partial charge >= 0.3 is 18.5 Å². The number of likely N-dealkylation sites (N-methyl/N-ethyl adjacent to an activating group) is 3. The molecule has 672 valence electrons. The van der Waals surface area contributed by atoms with Gasteiger partial charge in [0.1, 0.15) is 22.9 Å². The fraction of sp³-hybridized carbons (Fsp3) is 0.500. The lowest BCUT2D eigenvalue weighted by Gasteiger charge is -2.50. The van der Waals surface area contributed by atoms with E-state index in [0.29, 0.717) is 150 Å². The molecule has 4 amide bonds. The van der Waals surface area contributed by atoms with Crippen LogP contribution in [0.25, 0.3) is 10.9 Å². The van der Waals surface area contributed by atoms with E-state index in [2.05, 4.69) is 49.6 Å². The molecule has 0 radical (unpaired) electrons. The lowest BCUT2D eigenvalue weighted by molar-refractivity contribution is -0.146. The Balaban J connectivity index is 0.000000144. The summed E-state index contributed by atoms with van der Waals surface area (Å²) < 4.78 is 139. The smallest absolute Gasteiger partial charge is 0.431 e. The number of ketones is 1. The minimum absolute atomic E-state index is 0. The van der Waals surface area contributed by atoms with Crippen LogP contribution in [0.5, 0.6) is 11.5 Å². The van der Waals surface area contributed by atoms with Gasteiger partial charge in [-0.2, -0.15) is 39.5 Å². The predicted octanol–water partition coefficient (Wildman–Crippen LogP) is 17.5. The van der Waals surface area contributed by atoms with E-state index in [9.17, 15) is 63.5 Å². The van der Waals surface area contributed by atoms with Crippen molar-refractivity contribution in [3.8, 4) is 11.5 Å². The Morgan fingerprint density at radius 1 is 0.472 bits per heavy atom. The van der Waals surface area contributed by atoms with Gasteiger partial charge in [-0.1, -0.05) is 37.3 Å². The summed E-state index contributed by atoms with van der Waals surface area (Å²) in [6, 6.07) is 41.4. The molecule has 125 heavy (non-hydrogen) atoms. The van der Waals surface area contributed by atoms with Crippen molar-refractivity contribution in [2.45, 2.75) is 212 Å². The molecule has 4 aromatic carbocycles. The van der Waals surface area contributed by atoms with Crippen LogP contribution in [0.15, 0.2) is 146 Å². The van der Waals surface area contributed by atoms with E-state index < -0.39 is 53.0 Å². The monoisotopic (exact) mass is 1740 g/mol. The van der Waals surface area contributed by atoms with Gasteiger partial charge in [-0.05, 0) is 260 Å². The number of hydrogen-bond acceptors (Lipinski definition) is 12. The largest absolute Gasteiger partial charge is 0.491 e. The van der Waals surface area contributed by atoms with Crippen molar-refractivity contribution in [2.75, 3.05) is 99.7 Å². The Labute approximate surface area is 727 Å². The standard InChI is InChI=1S/2C25H32F3N3O2.C23H23F3N4O.C23H29N3O2.H2/c1-16(2)33-19-7-6-18(14-17(19)3)22(32)30-12-10-24(11-13-30)20-8-9-21(25(26,27)28)31(20)23(4,5)15-29-24;1-17(2)33-21-7-5-19(15-18(21)3)23(32)30-11-9-24(10-12-30)22-8-6-20(16-25(26,27)28)31(22)14-13-29(24)4;1-28-14-15-30-18(7-8-19(30)23(24,25)26)22(28)9-12-29(13-10-22)21(31)17-6-2-4-16-5-3-11-27-20(16)17;1-4-18-5-7-19(8-6-18)22(28)25-13-11-23(12-14-25)21-10-9-20(17(2)27)26(21)16-15-24(23)3;/h6-9,14,16,29H,10-13,15H2,1-5H3;5-8,15,17H,9-14,16H2,1-4H3;2-8,11H,9-10,12-15H2,1H3;5-10H,4,11-16H2,1-3H3;1H. The molecule has 29 heteroatoms. The molecule has 0 atom stereocenters. The average Bonchev–Trinajstić information content (AvgIpc) is 1.54. The number of carbonyl (C=O) groups is 5. The van der Waals surface area contributed by atoms with Gasteiger partial charge in [-0.15, -0.1) is 0 Å². The Bertz CT molecular complexity index is 5430. The van der Waals surface area contributed by atoms with Crippen molar-refractivity contribution in [2.24, 2.45) is 0 Å². The number of amides is 4. The molecule has 0 unspecified atom stereocenters. The molecule has 20 nitrogen and oxygen atoms in total. The minimum atomic E-state index is -4.41. The molecule has 0 bridgehead atoms. The number of likely N-dealkylation sites (tertiary alicyclic amines) is 4. The van der Waals surface area contributed by atoms with E-state index in [4.69, 9.17) is 9.47 Å². The van der Waals surface area contributed by atoms with Crippen LogP contribution >= 0.6 is 0 Å². The number of aromatic nitrogens is 5. The predicted molar refractivity (Wildman–Crippen MR) is 464 cm³/mol. The first-order valence-corrected chi connectivity index (χ1v) is 43.7. The van der Waals surface area contributed by atoms with Crippen LogP contribution in [0, 0.1) is 13.8 Å². The average molecular weight is 1740 g/mol. The summed E-state index contributed by atoms with van der Waals surface area (Å²) in [6.45, 7) is 27.9. The van der Waals surface area contributed by atoms with Gasteiger partial charge in [-0.25, -0.2) is 0 Å². The van der Waals surface area contributed by atoms with Crippen molar-refractivity contribution in [1.82, 2.24) is 62.9 Å². The first-order chi connectivity index (χ1) is 59.1. The van der Waals surface area contributed by atoms with Gasteiger partial charge in [0.25, 0.3) is 23.6 Å². The molecule has 4 saturated heterocycles. The molecule has 5 aromatic heterocycles. The van der Waals surface area contributed by atoms with Gasteiger partial charge in [0.05, 0.1) is 63.1 Å². The number of benzene rings is 4. The highest BCUT2D eigenvalue weighted by Crippen LogP contribution is 2.49. The number of pyridine rings is 1. The highest BCUT2D eigenvalue weighted by atomic mass is 19.4. The highest BCUT2D eigenvalue weighted by molar-refractivity contribution is 6.05. The second-order valence-electron chi connectivity index (χ2n) is 36.2. The highest BCUT2D eigenvalue weighted by Gasteiger charge is 2.53. The minimum Gasteiger partial charge on any atom is -0.491 e. The number of Topliss-reactive ketones (excluding diaryl/α,β-unsaturated/α-hetero) is 1. The number of aryl methyl sites for hydroxylation is 3. The maximum atomic E-state index is 13.7. The van der Waals surface area contributed by atoms with Crippen LogP contribution < -0.4 is 14.8 Å². The van der Waals surface area contributed by atoms with Crippen LogP contribution in [0.2, 0.25) is 0 Å². The van der Waals surface area contributed by atoms with E-state index in [1.54, 1.807) is 59.3 Å². The van der Waals surface area contributed by atoms with Crippen LogP contribution in [0.3, 0.4) is 0 Å². The van der Waals surface area contributed by atoms with E-state index >= 15 is 0 Å². The summed E-state index contributed by atoms with van der Waals surface area (Å²) in [5.41, 5.74) is 7.57. The van der Waals surface area contributed by atoms with Crippen molar-refractivity contribution in [3.63, 3.8) is 0 Å². The Hall–Kier alpha value is -10.2. The maximum Gasteiger partial charge on any atom is 0.431 e. The fourth-order valence-electron chi connectivity index (χ4n) is 20.4. The number of alkyl halides is 9. The van der Waals surface area contributed by atoms with Gasteiger partial charge < -0.3 is 52.7 Å². The maximum absolute atomic E-state index is 13.7. The number of halogens is 9. The van der Waals surface area contributed by atoms with Crippen molar-refractivity contribution >= 4 is 40.3 Å². The number of ether oxygens (including phenoxy) is 2. The van der Waals surface area contributed by atoms with Crippen molar-refractivity contribution in [3.05, 3.63) is 230 Å². The second kappa shape index (κ2) is 35.5. The zero-order valence-electron chi connectivity index (χ0n) is 73.8. The van der Waals surface area contributed by atoms with Crippen LogP contribution in [0.4, 0.5) is 39.5 Å². The van der Waals surface area contributed by atoms with E-state index in [1.165, 1.54) is 32.5 Å². The molecule has 8 aliphatic heterocycles. The Morgan fingerprint density at radius 3 is 1.38 bits per heavy atom. The third kappa shape index (κ3) is 18.2. The molecule has 0 saturated carbocycles. The number of nitrogens with zero attached hydrogens (tertiary/aromatic N) is 12. The number of nitrogens with one attached hydrogen (secondary N) is 1. The molecule has 13 heterocycles. The summed E-state index contributed by atoms with van der Waals surface area (Å²) in [7, 11) is 6.18. The lowest BCUT2D eigenvalue weighted by atomic mass is 9.80. The number of piperidine rings is 4. The number of fused-ring (bicyclic) bond motifs is 9.